The van der Waals surface area contributed by atoms with Crippen LogP contribution in [-0.4, -0.2) is 0 Å². The molecule has 216 valence electrons. The summed E-state index contributed by atoms with van der Waals surface area (Å²) in [6.07, 6.45) is 3.40. The van der Waals surface area contributed by atoms with E-state index in [1.807, 2.05) is 0 Å². The van der Waals surface area contributed by atoms with Crippen molar-refractivity contribution in [1.29, 1.82) is 0 Å². The molecule has 0 bridgehead atoms. The minimum atomic E-state index is 0. The van der Waals surface area contributed by atoms with Crippen molar-refractivity contribution >= 4 is 32.3 Å². The molecule has 6 aromatic carbocycles. The maximum atomic E-state index is 2.30. The molecule has 6 rings (SSSR count). The molecule has 0 heterocycles. The minimum Gasteiger partial charge on any atom is -1.00 e. The van der Waals surface area contributed by atoms with Gasteiger partial charge in [-0.05, 0) is 40.0 Å². The van der Waals surface area contributed by atoms with Crippen molar-refractivity contribution in [2.75, 3.05) is 0 Å². The van der Waals surface area contributed by atoms with Crippen molar-refractivity contribution < 1.29 is 92.7 Å². The van der Waals surface area contributed by atoms with Crippen LogP contribution in [0.5, 0.6) is 0 Å². The van der Waals surface area contributed by atoms with Gasteiger partial charge in [0, 0.05) is 0 Å². The first-order valence-corrected chi connectivity index (χ1v) is 13.4. The van der Waals surface area contributed by atoms with Crippen molar-refractivity contribution in [3.8, 4) is 0 Å². The number of halogens is 3. The van der Waals surface area contributed by atoms with E-state index in [1.54, 1.807) is 0 Å². The fourth-order valence-corrected chi connectivity index (χ4v) is 4.97. The van der Waals surface area contributed by atoms with E-state index in [0.29, 0.717) is 0 Å². The number of hydrogen-bond donors (Lipinski definition) is 0. The summed E-state index contributed by atoms with van der Waals surface area (Å²) in [7, 11) is 0. The van der Waals surface area contributed by atoms with Gasteiger partial charge in [0.1, 0.15) is 0 Å². The molecule has 0 aliphatic heterocycles. The van der Waals surface area contributed by atoms with E-state index in [0.717, 1.165) is 19.3 Å². The predicted octanol–water partition coefficient (Wildman–Crippen LogP) is 1.29. The molecule has 0 nitrogen and oxygen atoms in total. The summed E-state index contributed by atoms with van der Waals surface area (Å²) in [5.41, 5.74) is 8.48. The van der Waals surface area contributed by atoms with Gasteiger partial charge in [0.25, 0.3) is 0 Å². The molecule has 0 spiro atoms. The molecule has 0 atom stereocenters. The summed E-state index contributed by atoms with van der Waals surface area (Å²) in [4.78, 5) is 0. The van der Waals surface area contributed by atoms with Crippen molar-refractivity contribution in [3.05, 3.63) is 124 Å². The first kappa shape index (κ1) is 45.4. The molecule has 0 aliphatic rings. The quantitative estimate of drug-likeness (QED) is 0.237. The third kappa shape index (κ3) is 11.1. The number of aryl methyl sites for hydroxylation is 6. The zero-order valence-electron chi connectivity index (χ0n) is 25.4. The molecule has 0 saturated carbocycles. The van der Waals surface area contributed by atoms with Crippen molar-refractivity contribution in [3.63, 3.8) is 0 Å². The molecule has 0 fully saturated rings. The van der Waals surface area contributed by atoms with Crippen LogP contribution in [-0.2, 0) is 97.9 Å². The smallest absolute Gasteiger partial charge is 1.00 e. The van der Waals surface area contributed by atoms with Gasteiger partial charge in [-0.1, -0.05) is 55.7 Å². The second-order valence-electron chi connectivity index (χ2n) is 9.88. The summed E-state index contributed by atoms with van der Waals surface area (Å²) in [5.74, 6) is 0. The summed E-state index contributed by atoms with van der Waals surface area (Å²) in [6.45, 7) is 13.1. The first-order valence-electron chi connectivity index (χ1n) is 13.4. The van der Waals surface area contributed by atoms with Gasteiger partial charge in [-0.15, -0.1) is 104 Å². The van der Waals surface area contributed by atoms with Crippen LogP contribution < -0.4 is 14.1 Å². The van der Waals surface area contributed by atoms with Crippen LogP contribution in [0.25, 0.3) is 32.3 Å². The Balaban J connectivity index is -0.000000507. The van der Waals surface area contributed by atoms with Crippen LogP contribution in [0.2, 0.25) is 0 Å². The first-order chi connectivity index (χ1) is 17.4. The number of rotatable bonds is 3. The van der Waals surface area contributed by atoms with Gasteiger partial charge in [-0.25, -0.2) is 0 Å². The molecular formula is C36H39F3Zr3. The Bertz CT molecular complexity index is 1400. The van der Waals surface area contributed by atoms with Crippen LogP contribution in [0.4, 0.5) is 0 Å². The van der Waals surface area contributed by atoms with Gasteiger partial charge >= 0.3 is 78.6 Å². The molecule has 6 aromatic rings. The van der Waals surface area contributed by atoms with Crippen LogP contribution >= 0.6 is 0 Å². The minimum absolute atomic E-state index is 0. The maximum Gasteiger partial charge on any atom is 2.00 e. The molecule has 0 unspecified atom stereocenters. The standard InChI is InChI=1S/3C12H13.3FH.3Zr/c3*1-3-10-7-11-6-4-5-9(2)12(11)8-10;;;;;;/h3*4-8H,3H2,1-2H3;3*1H;;;/q3*-1;;;;3*+2/p-3. The fraction of sp³-hybridized carbons (Fsp3) is 0.250. The van der Waals surface area contributed by atoms with Gasteiger partial charge in [-0.2, -0.15) is 18.2 Å². The van der Waals surface area contributed by atoms with Crippen LogP contribution in [0.3, 0.4) is 0 Å². The summed E-state index contributed by atoms with van der Waals surface area (Å²) in [6, 6.07) is 33.1. The van der Waals surface area contributed by atoms with Crippen molar-refractivity contribution in [1.82, 2.24) is 0 Å². The van der Waals surface area contributed by atoms with Crippen molar-refractivity contribution in [2.45, 2.75) is 60.8 Å². The summed E-state index contributed by atoms with van der Waals surface area (Å²) >= 11 is 0. The summed E-state index contributed by atoms with van der Waals surface area (Å²) in [5, 5.41) is 8.38. The van der Waals surface area contributed by atoms with E-state index in [1.165, 1.54) is 65.7 Å². The van der Waals surface area contributed by atoms with Gasteiger partial charge in [0.15, 0.2) is 0 Å². The van der Waals surface area contributed by atoms with E-state index < -0.39 is 0 Å². The van der Waals surface area contributed by atoms with E-state index in [-0.39, 0.29) is 92.7 Å². The average molecular weight is 802 g/mol. The van der Waals surface area contributed by atoms with E-state index in [4.69, 9.17) is 0 Å². The third-order valence-corrected chi connectivity index (χ3v) is 7.31. The van der Waals surface area contributed by atoms with Gasteiger partial charge < -0.3 is 14.1 Å². The Kier molecular flexibility index (Phi) is 23.3. The topological polar surface area (TPSA) is 0 Å². The Morgan fingerprint density at radius 1 is 0.429 bits per heavy atom. The van der Waals surface area contributed by atoms with Crippen LogP contribution in [0, 0.1) is 20.8 Å². The Labute approximate surface area is 307 Å². The predicted molar refractivity (Wildman–Crippen MR) is 161 cm³/mol. The van der Waals surface area contributed by atoms with Crippen molar-refractivity contribution in [2.24, 2.45) is 0 Å². The number of fused-ring (bicyclic) bond motifs is 3. The Hall–Kier alpha value is -1.07. The molecule has 0 saturated heterocycles. The van der Waals surface area contributed by atoms with Gasteiger partial charge in [0.05, 0.1) is 0 Å². The molecule has 42 heavy (non-hydrogen) atoms. The Morgan fingerprint density at radius 3 is 0.857 bits per heavy atom. The third-order valence-electron chi connectivity index (χ3n) is 7.31. The van der Waals surface area contributed by atoms with E-state index in [2.05, 4.69) is 133 Å². The molecule has 0 N–H and O–H groups in total. The second kappa shape index (κ2) is 21.6. The monoisotopic (exact) mass is 798 g/mol. The maximum absolute atomic E-state index is 2.30. The molecule has 6 heteroatoms. The molecule has 0 radical (unpaired) electrons. The molecule has 0 amide bonds. The van der Waals surface area contributed by atoms with Crippen LogP contribution in [0.1, 0.15) is 54.2 Å². The Morgan fingerprint density at radius 2 is 0.667 bits per heavy atom. The van der Waals surface area contributed by atoms with Gasteiger partial charge in [-0.3, -0.25) is 0 Å². The fourth-order valence-electron chi connectivity index (χ4n) is 4.97. The summed E-state index contributed by atoms with van der Waals surface area (Å²) < 4.78 is 0. The normalized spacial score (nSPS) is 9.29. The largest absolute Gasteiger partial charge is 2.00 e. The number of hydrogen-bond acceptors (Lipinski definition) is 0. The molecule has 0 aromatic heterocycles. The zero-order chi connectivity index (χ0) is 25.7. The molecule has 0 aliphatic carbocycles. The molecular weight excluding hydrogens is 763 g/mol. The van der Waals surface area contributed by atoms with Gasteiger partial charge in [0.2, 0.25) is 0 Å². The zero-order valence-corrected chi connectivity index (χ0v) is 32.8. The van der Waals surface area contributed by atoms with E-state index in [9.17, 15) is 0 Å². The van der Waals surface area contributed by atoms with E-state index >= 15 is 0 Å². The van der Waals surface area contributed by atoms with Crippen LogP contribution in [0.15, 0.2) is 91.0 Å². The SMILES string of the molecule is CCc1cc2c(C)cccc2[cH-]1.CCc1cc2c(C)cccc2[cH-]1.CCc1cc2c(C)cccc2[cH-]1.[F-].[F-].[F-].[Zr+2].[Zr+2].[Zr+2]. The average Bonchev–Trinajstić information content (AvgIpc) is 3.62. The second-order valence-corrected chi connectivity index (χ2v) is 9.88. The number of benzene rings is 3.